The molecule has 0 saturated heterocycles. The molecule has 0 unspecified atom stereocenters. The lowest BCUT2D eigenvalue weighted by molar-refractivity contribution is -0.128. The first-order valence-electron chi connectivity index (χ1n) is 9.07. The van der Waals surface area contributed by atoms with E-state index in [2.05, 4.69) is 5.10 Å². The van der Waals surface area contributed by atoms with Crippen molar-refractivity contribution in [2.75, 3.05) is 6.54 Å². The number of amides is 1. The standard InChI is InChI=1S/C21H19F2N3OS/c22-19(23)14-25(16-9-10-16)20(27)11-8-15-13-26(17-5-2-1-3-6-17)24-21(15)18-7-4-12-28-18/h1-8,11-13,16,19H,9-10,14H2. The number of carbonyl (C=O) groups excluding carboxylic acids is 1. The molecule has 1 aliphatic carbocycles. The summed E-state index contributed by atoms with van der Waals surface area (Å²) in [5, 5.41) is 6.64. The number of benzene rings is 1. The molecule has 2 heterocycles. The number of rotatable bonds is 7. The van der Waals surface area contributed by atoms with E-state index in [-0.39, 0.29) is 11.9 Å². The Morgan fingerprint density at radius 2 is 2.04 bits per heavy atom. The SMILES string of the molecule is O=C(C=Cc1cn(-c2ccccc2)nc1-c1cccs1)N(CC(F)F)C1CC1. The number of thiophene rings is 1. The summed E-state index contributed by atoms with van der Waals surface area (Å²) in [5.41, 5.74) is 2.44. The van der Waals surface area contributed by atoms with E-state index < -0.39 is 13.0 Å². The van der Waals surface area contributed by atoms with Crippen LogP contribution in [0.3, 0.4) is 0 Å². The van der Waals surface area contributed by atoms with Gasteiger partial charge in [0, 0.05) is 23.9 Å². The Morgan fingerprint density at radius 1 is 1.25 bits per heavy atom. The van der Waals surface area contributed by atoms with Crippen LogP contribution in [0.5, 0.6) is 0 Å². The second-order valence-corrected chi connectivity index (χ2v) is 7.58. The molecule has 1 aromatic carbocycles. The Balaban J connectivity index is 1.63. The summed E-state index contributed by atoms with van der Waals surface area (Å²) < 4.78 is 27.4. The van der Waals surface area contributed by atoms with Gasteiger partial charge in [0.05, 0.1) is 17.1 Å². The molecule has 1 saturated carbocycles. The minimum atomic E-state index is -2.53. The number of carbonyl (C=O) groups is 1. The van der Waals surface area contributed by atoms with Crippen molar-refractivity contribution >= 4 is 23.3 Å². The summed E-state index contributed by atoms with van der Waals surface area (Å²) in [5.74, 6) is -0.382. The molecule has 1 aliphatic rings. The van der Waals surface area contributed by atoms with Crippen LogP contribution >= 0.6 is 11.3 Å². The van der Waals surface area contributed by atoms with Crippen LogP contribution < -0.4 is 0 Å². The zero-order valence-electron chi connectivity index (χ0n) is 15.0. The molecule has 4 nitrogen and oxygen atoms in total. The van der Waals surface area contributed by atoms with E-state index in [0.717, 1.165) is 34.7 Å². The third-order valence-electron chi connectivity index (χ3n) is 4.53. The van der Waals surface area contributed by atoms with E-state index in [1.807, 2.05) is 54.0 Å². The summed E-state index contributed by atoms with van der Waals surface area (Å²) in [6.07, 6.45) is 3.95. The molecule has 1 amide bonds. The predicted molar refractivity (Wildman–Crippen MR) is 107 cm³/mol. The van der Waals surface area contributed by atoms with E-state index >= 15 is 0 Å². The van der Waals surface area contributed by atoms with Gasteiger partial charge in [0.1, 0.15) is 5.69 Å². The third-order valence-corrected chi connectivity index (χ3v) is 5.41. The molecule has 0 atom stereocenters. The number of para-hydroxylation sites is 1. The molecule has 144 valence electrons. The molecule has 2 aromatic heterocycles. The highest BCUT2D eigenvalue weighted by molar-refractivity contribution is 7.13. The molecule has 28 heavy (non-hydrogen) atoms. The van der Waals surface area contributed by atoms with Crippen molar-refractivity contribution in [3.8, 4) is 16.3 Å². The zero-order chi connectivity index (χ0) is 19.5. The van der Waals surface area contributed by atoms with Crippen LogP contribution in [0, 0.1) is 0 Å². The molecule has 0 N–H and O–H groups in total. The quantitative estimate of drug-likeness (QED) is 0.532. The summed E-state index contributed by atoms with van der Waals surface area (Å²) in [4.78, 5) is 14.7. The zero-order valence-corrected chi connectivity index (χ0v) is 15.9. The maximum absolute atomic E-state index is 12.8. The van der Waals surface area contributed by atoms with Gasteiger partial charge in [-0.25, -0.2) is 13.5 Å². The van der Waals surface area contributed by atoms with Crippen LogP contribution in [0.25, 0.3) is 22.3 Å². The number of nitrogens with zero attached hydrogens (tertiary/aromatic N) is 3. The fourth-order valence-corrected chi connectivity index (χ4v) is 3.77. The van der Waals surface area contributed by atoms with Crippen LogP contribution in [0.15, 0.2) is 60.1 Å². The predicted octanol–water partition coefficient (Wildman–Crippen LogP) is 4.87. The number of halogens is 2. The topological polar surface area (TPSA) is 38.1 Å². The van der Waals surface area contributed by atoms with Crippen molar-refractivity contribution in [1.82, 2.24) is 14.7 Å². The van der Waals surface area contributed by atoms with Gasteiger partial charge >= 0.3 is 0 Å². The lowest BCUT2D eigenvalue weighted by Gasteiger charge is -2.19. The maximum Gasteiger partial charge on any atom is 0.255 e. The molecule has 0 radical (unpaired) electrons. The highest BCUT2D eigenvalue weighted by Crippen LogP contribution is 2.30. The average Bonchev–Trinajstić information content (AvgIpc) is 3.22. The van der Waals surface area contributed by atoms with Gasteiger partial charge < -0.3 is 4.90 Å². The van der Waals surface area contributed by atoms with Gasteiger partial charge in [-0.15, -0.1) is 11.3 Å². The minimum Gasteiger partial charge on any atom is -0.330 e. The van der Waals surface area contributed by atoms with E-state index in [1.165, 1.54) is 11.0 Å². The molecule has 1 fully saturated rings. The number of alkyl halides is 2. The van der Waals surface area contributed by atoms with Crippen LogP contribution in [0.4, 0.5) is 8.78 Å². The van der Waals surface area contributed by atoms with Crippen molar-refractivity contribution in [3.05, 3.63) is 65.7 Å². The molecular formula is C21H19F2N3OS. The number of hydrogen-bond acceptors (Lipinski definition) is 3. The smallest absolute Gasteiger partial charge is 0.255 e. The Kier molecular flexibility index (Phi) is 5.34. The summed E-state index contributed by atoms with van der Waals surface area (Å²) in [7, 11) is 0. The van der Waals surface area contributed by atoms with E-state index in [1.54, 1.807) is 22.1 Å². The third kappa shape index (κ3) is 4.20. The van der Waals surface area contributed by atoms with Gasteiger partial charge in [-0.1, -0.05) is 24.3 Å². The van der Waals surface area contributed by atoms with Crippen LogP contribution in [-0.4, -0.2) is 39.6 Å². The largest absolute Gasteiger partial charge is 0.330 e. The average molecular weight is 399 g/mol. The van der Waals surface area contributed by atoms with Crippen molar-refractivity contribution in [3.63, 3.8) is 0 Å². The second kappa shape index (κ2) is 8.06. The number of hydrogen-bond donors (Lipinski definition) is 0. The fraction of sp³-hybridized carbons (Fsp3) is 0.238. The normalized spacial score (nSPS) is 14.1. The van der Waals surface area contributed by atoms with Crippen LogP contribution in [0.1, 0.15) is 18.4 Å². The lowest BCUT2D eigenvalue weighted by Crippen LogP contribution is -2.35. The van der Waals surface area contributed by atoms with Crippen molar-refractivity contribution in [2.45, 2.75) is 25.3 Å². The highest BCUT2D eigenvalue weighted by atomic mass is 32.1. The highest BCUT2D eigenvalue weighted by Gasteiger charge is 2.33. The van der Waals surface area contributed by atoms with Crippen LogP contribution in [-0.2, 0) is 4.79 Å². The fourth-order valence-electron chi connectivity index (χ4n) is 3.04. The Hall–Kier alpha value is -2.80. The first kappa shape index (κ1) is 18.6. The minimum absolute atomic E-state index is 0.0602. The molecule has 4 rings (SSSR count). The molecule has 0 spiro atoms. The molecular weight excluding hydrogens is 380 g/mol. The summed E-state index contributed by atoms with van der Waals surface area (Å²) >= 11 is 1.56. The van der Waals surface area contributed by atoms with Crippen LogP contribution in [0.2, 0.25) is 0 Å². The first-order chi connectivity index (χ1) is 13.6. The van der Waals surface area contributed by atoms with E-state index in [0.29, 0.717) is 0 Å². The van der Waals surface area contributed by atoms with E-state index in [4.69, 9.17) is 0 Å². The van der Waals surface area contributed by atoms with Gasteiger partial charge in [0.2, 0.25) is 5.91 Å². The van der Waals surface area contributed by atoms with Crippen molar-refractivity contribution in [1.29, 1.82) is 0 Å². The summed E-state index contributed by atoms with van der Waals surface area (Å²) in [6.45, 7) is -0.519. The van der Waals surface area contributed by atoms with Crippen molar-refractivity contribution in [2.24, 2.45) is 0 Å². The summed E-state index contributed by atoms with van der Waals surface area (Å²) in [6, 6.07) is 13.5. The van der Waals surface area contributed by atoms with E-state index in [9.17, 15) is 13.6 Å². The van der Waals surface area contributed by atoms with Gasteiger partial charge in [0.25, 0.3) is 6.43 Å². The molecule has 7 heteroatoms. The van der Waals surface area contributed by atoms with Gasteiger partial charge in [-0.05, 0) is 42.5 Å². The van der Waals surface area contributed by atoms with Gasteiger partial charge in [0.15, 0.2) is 0 Å². The Morgan fingerprint density at radius 3 is 2.68 bits per heavy atom. The van der Waals surface area contributed by atoms with Crippen molar-refractivity contribution < 1.29 is 13.6 Å². The number of aromatic nitrogens is 2. The molecule has 0 bridgehead atoms. The molecule has 0 aliphatic heterocycles. The second-order valence-electron chi connectivity index (χ2n) is 6.64. The monoisotopic (exact) mass is 399 g/mol. The van der Waals surface area contributed by atoms with Gasteiger partial charge in [-0.3, -0.25) is 4.79 Å². The Bertz CT molecular complexity index is 963. The maximum atomic E-state index is 12.8. The Labute approximate surface area is 165 Å². The molecule has 3 aromatic rings. The lowest BCUT2D eigenvalue weighted by atomic mass is 10.2. The van der Waals surface area contributed by atoms with Gasteiger partial charge in [-0.2, -0.15) is 5.10 Å². The first-order valence-corrected chi connectivity index (χ1v) is 9.95.